The van der Waals surface area contributed by atoms with Gasteiger partial charge >= 0.3 is 5.97 Å². The van der Waals surface area contributed by atoms with Gasteiger partial charge in [-0.25, -0.2) is 4.98 Å². The molecule has 0 fully saturated rings. The highest BCUT2D eigenvalue weighted by atomic mass is 35.5. The standard InChI is InChI=1S/C20H15ClN2O2S2/c1-12-19(27-14-7-5-13(21)6-8-14)18-15(20-22-9-10-26-20)3-2-4-16(18)23(12)11-17(24)25/h2-10H,11H2,1H3,(H,24,25). The summed E-state index contributed by atoms with van der Waals surface area (Å²) in [6.45, 7) is 1.89. The van der Waals surface area contributed by atoms with Crippen molar-refractivity contribution in [3.8, 4) is 10.6 Å². The maximum absolute atomic E-state index is 11.4. The summed E-state index contributed by atoms with van der Waals surface area (Å²) in [4.78, 5) is 18.0. The number of fused-ring (bicyclic) bond motifs is 1. The number of carboxylic acid groups (broad SMARTS) is 1. The van der Waals surface area contributed by atoms with Gasteiger partial charge in [0.15, 0.2) is 0 Å². The largest absolute Gasteiger partial charge is 0.480 e. The van der Waals surface area contributed by atoms with Gasteiger partial charge in [0.1, 0.15) is 11.6 Å². The monoisotopic (exact) mass is 414 g/mol. The Kier molecular flexibility index (Phi) is 4.95. The molecule has 4 nitrogen and oxygen atoms in total. The molecule has 0 aliphatic heterocycles. The first-order valence-corrected chi connectivity index (χ1v) is 10.3. The predicted octanol–water partition coefficient (Wildman–Crippen LogP) is 5.96. The minimum Gasteiger partial charge on any atom is -0.480 e. The van der Waals surface area contributed by atoms with Crippen molar-refractivity contribution >= 4 is 51.6 Å². The maximum atomic E-state index is 11.4. The molecule has 2 heterocycles. The van der Waals surface area contributed by atoms with Crippen LogP contribution < -0.4 is 0 Å². The molecule has 0 spiro atoms. The summed E-state index contributed by atoms with van der Waals surface area (Å²) in [7, 11) is 0. The second-order valence-electron chi connectivity index (χ2n) is 5.99. The summed E-state index contributed by atoms with van der Waals surface area (Å²) in [5.41, 5.74) is 2.85. The second kappa shape index (κ2) is 7.38. The zero-order valence-corrected chi connectivity index (χ0v) is 16.7. The molecule has 2 aromatic carbocycles. The molecule has 4 aromatic rings. The van der Waals surface area contributed by atoms with Gasteiger partial charge in [-0.3, -0.25) is 4.79 Å². The van der Waals surface area contributed by atoms with Crippen molar-refractivity contribution in [1.82, 2.24) is 9.55 Å². The number of carbonyl (C=O) groups is 1. The number of carboxylic acids is 1. The lowest BCUT2D eigenvalue weighted by atomic mass is 10.1. The first kappa shape index (κ1) is 18.1. The third kappa shape index (κ3) is 3.48. The number of nitrogens with zero attached hydrogens (tertiary/aromatic N) is 2. The number of aromatic nitrogens is 2. The topological polar surface area (TPSA) is 55.1 Å². The Bertz CT molecular complexity index is 1120. The third-order valence-electron chi connectivity index (χ3n) is 4.28. The molecule has 4 rings (SSSR count). The molecule has 27 heavy (non-hydrogen) atoms. The zero-order chi connectivity index (χ0) is 19.0. The summed E-state index contributed by atoms with van der Waals surface area (Å²) >= 11 is 9.20. The van der Waals surface area contributed by atoms with Crippen LogP contribution in [0.5, 0.6) is 0 Å². The van der Waals surface area contributed by atoms with E-state index in [1.165, 1.54) is 0 Å². The van der Waals surface area contributed by atoms with Crippen LogP contribution in [0.25, 0.3) is 21.5 Å². The molecule has 0 atom stereocenters. The van der Waals surface area contributed by atoms with Crippen LogP contribution in [0.15, 0.2) is 63.8 Å². The second-order valence-corrected chi connectivity index (χ2v) is 8.40. The Balaban J connectivity index is 1.96. The average molecular weight is 415 g/mol. The molecule has 136 valence electrons. The van der Waals surface area contributed by atoms with Gasteiger partial charge in [0.25, 0.3) is 0 Å². The Morgan fingerprint density at radius 2 is 2.04 bits per heavy atom. The fourth-order valence-electron chi connectivity index (χ4n) is 3.11. The highest BCUT2D eigenvalue weighted by Crippen LogP contribution is 2.43. The van der Waals surface area contributed by atoms with Gasteiger partial charge in [0.2, 0.25) is 0 Å². The van der Waals surface area contributed by atoms with Crippen molar-refractivity contribution in [2.45, 2.75) is 23.3 Å². The number of rotatable bonds is 5. The van der Waals surface area contributed by atoms with Gasteiger partial charge in [-0.05, 0) is 37.3 Å². The fraction of sp³-hybridized carbons (Fsp3) is 0.100. The predicted molar refractivity (Wildman–Crippen MR) is 111 cm³/mol. The molecular weight excluding hydrogens is 400 g/mol. The van der Waals surface area contributed by atoms with Crippen molar-refractivity contribution in [1.29, 1.82) is 0 Å². The van der Waals surface area contributed by atoms with E-state index in [0.29, 0.717) is 5.02 Å². The number of thiazole rings is 1. The van der Waals surface area contributed by atoms with Crippen molar-refractivity contribution in [3.05, 3.63) is 64.8 Å². The van der Waals surface area contributed by atoms with Gasteiger partial charge in [-0.1, -0.05) is 35.5 Å². The van der Waals surface area contributed by atoms with Crippen LogP contribution in [-0.4, -0.2) is 20.6 Å². The minimum atomic E-state index is -0.863. The van der Waals surface area contributed by atoms with Gasteiger partial charge in [0, 0.05) is 43.0 Å². The molecule has 0 bridgehead atoms. The van der Waals surface area contributed by atoms with Crippen molar-refractivity contribution in [3.63, 3.8) is 0 Å². The lowest BCUT2D eigenvalue weighted by Gasteiger charge is -2.05. The van der Waals surface area contributed by atoms with Crippen LogP contribution in [0.1, 0.15) is 5.69 Å². The van der Waals surface area contributed by atoms with Gasteiger partial charge < -0.3 is 9.67 Å². The third-order valence-corrected chi connectivity index (χ3v) is 6.55. The molecule has 0 radical (unpaired) electrons. The first-order valence-electron chi connectivity index (χ1n) is 8.21. The number of hydrogen-bond donors (Lipinski definition) is 1. The van der Waals surface area contributed by atoms with Crippen LogP contribution >= 0.6 is 34.7 Å². The van der Waals surface area contributed by atoms with Crippen LogP contribution in [0.2, 0.25) is 5.02 Å². The Morgan fingerprint density at radius 3 is 2.70 bits per heavy atom. The summed E-state index contributed by atoms with van der Waals surface area (Å²) in [6.07, 6.45) is 1.78. The number of benzene rings is 2. The lowest BCUT2D eigenvalue weighted by molar-refractivity contribution is -0.137. The number of hydrogen-bond acceptors (Lipinski definition) is 4. The van der Waals surface area contributed by atoms with Crippen molar-refractivity contribution in [2.24, 2.45) is 0 Å². The van der Waals surface area contributed by atoms with E-state index in [4.69, 9.17) is 11.6 Å². The van der Waals surface area contributed by atoms with E-state index in [0.717, 1.165) is 37.0 Å². The maximum Gasteiger partial charge on any atom is 0.323 e. The van der Waals surface area contributed by atoms with E-state index in [1.54, 1.807) is 29.3 Å². The normalized spacial score (nSPS) is 11.2. The van der Waals surface area contributed by atoms with Crippen LogP contribution in [0.4, 0.5) is 0 Å². The highest BCUT2D eigenvalue weighted by Gasteiger charge is 2.20. The fourth-order valence-corrected chi connectivity index (χ4v) is 4.98. The number of aliphatic carboxylic acids is 1. The molecular formula is C20H15ClN2O2S2. The average Bonchev–Trinajstić information content (AvgIpc) is 3.26. The molecule has 7 heteroatoms. The first-order chi connectivity index (χ1) is 13.0. The van der Waals surface area contributed by atoms with E-state index in [2.05, 4.69) is 4.98 Å². The minimum absolute atomic E-state index is 0.0785. The smallest absolute Gasteiger partial charge is 0.323 e. The number of halogens is 1. The Hall–Kier alpha value is -2.28. The van der Waals surface area contributed by atoms with E-state index in [9.17, 15) is 9.90 Å². The van der Waals surface area contributed by atoms with Crippen molar-refractivity contribution in [2.75, 3.05) is 0 Å². The molecule has 1 N–H and O–H groups in total. The SMILES string of the molecule is Cc1c(Sc2ccc(Cl)cc2)c2c(-c3nccs3)cccc2n1CC(=O)O. The molecule has 0 unspecified atom stereocenters. The van der Waals surface area contributed by atoms with Crippen molar-refractivity contribution < 1.29 is 9.90 Å². The lowest BCUT2D eigenvalue weighted by Crippen LogP contribution is -2.09. The van der Waals surface area contributed by atoms with Crippen LogP contribution in [-0.2, 0) is 11.3 Å². The Labute approximate surface area is 169 Å². The van der Waals surface area contributed by atoms with Crippen LogP contribution in [0, 0.1) is 6.92 Å². The summed E-state index contributed by atoms with van der Waals surface area (Å²) < 4.78 is 1.85. The van der Waals surface area contributed by atoms with E-state index in [-0.39, 0.29) is 6.54 Å². The molecule has 0 aliphatic carbocycles. The molecule has 0 saturated heterocycles. The Morgan fingerprint density at radius 1 is 1.26 bits per heavy atom. The van der Waals surface area contributed by atoms with Crippen LogP contribution in [0.3, 0.4) is 0 Å². The quantitative estimate of drug-likeness (QED) is 0.437. The van der Waals surface area contributed by atoms with Gasteiger partial charge in [0.05, 0.1) is 5.52 Å². The highest BCUT2D eigenvalue weighted by molar-refractivity contribution is 7.99. The zero-order valence-electron chi connectivity index (χ0n) is 14.3. The van der Waals surface area contributed by atoms with Gasteiger partial charge in [-0.2, -0.15) is 0 Å². The molecule has 0 saturated carbocycles. The van der Waals surface area contributed by atoms with E-state index in [1.807, 2.05) is 59.3 Å². The molecule has 0 amide bonds. The van der Waals surface area contributed by atoms with Gasteiger partial charge in [-0.15, -0.1) is 11.3 Å². The van der Waals surface area contributed by atoms with E-state index < -0.39 is 5.97 Å². The van der Waals surface area contributed by atoms with E-state index >= 15 is 0 Å². The summed E-state index contributed by atoms with van der Waals surface area (Å²) in [5, 5.41) is 14.0. The molecule has 0 aliphatic rings. The molecule has 2 aromatic heterocycles. The summed E-state index contributed by atoms with van der Waals surface area (Å²) in [6, 6.07) is 13.6. The summed E-state index contributed by atoms with van der Waals surface area (Å²) in [5.74, 6) is -0.863.